The molecule has 0 aromatic carbocycles. The number of esters is 1. The van der Waals surface area contributed by atoms with Crippen LogP contribution < -0.4 is 0 Å². The van der Waals surface area contributed by atoms with Crippen molar-refractivity contribution in [1.82, 2.24) is 4.90 Å². The number of likely N-dealkylation sites (tertiary alicyclic amines) is 1. The third-order valence-corrected chi connectivity index (χ3v) is 4.68. The highest BCUT2D eigenvalue weighted by Gasteiger charge is 2.56. The fourth-order valence-corrected chi connectivity index (χ4v) is 4.13. The number of rotatable bonds is 1. The predicted molar refractivity (Wildman–Crippen MR) is 70.0 cm³/mol. The van der Waals surface area contributed by atoms with E-state index >= 15 is 0 Å². The Morgan fingerprint density at radius 3 is 2.61 bits per heavy atom. The number of allylic oxidation sites excluding steroid dienone is 2. The van der Waals surface area contributed by atoms with Crippen LogP contribution in [0.5, 0.6) is 0 Å². The Morgan fingerprint density at radius 2 is 1.94 bits per heavy atom. The van der Waals surface area contributed by atoms with Gasteiger partial charge in [0.15, 0.2) is 0 Å². The van der Waals surface area contributed by atoms with E-state index in [9.17, 15) is 4.79 Å². The molecule has 2 fully saturated rings. The number of carbonyl (C=O) groups excluding carboxylic acids is 1. The highest BCUT2D eigenvalue weighted by atomic mass is 16.6. The van der Waals surface area contributed by atoms with Gasteiger partial charge in [0.1, 0.15) is 11.6 Å². The van der Waals surface area contributed by atoms with E-state index in [1.807, 2.05) is 20.8 Å². The van der Waals surface area contributed by atoms with Crippen molar-refractivity contribution < 1.29 is 9.53 Å². The maximum absolute atomic E-state index is 12.4. The lowest BCUT2D eigenvalue weighted by Gasteiger charge is -2.29. The number of nitrogens with zero attached hydrogens (tertiary/aromatic N) is 1. The Balaban J connectivity index is 1.79. The SMILES string of the molecule is CN1C[C@H]2[C@@H]([C@H]1C(=O)OC(C)(C)C)[C@H]1C=C[C@@H]2C1. The van der Waals surface area contributed by atoms with Crippen molar-refractivity contribution in [3.05, 3.63) is 12.2 Å². The number of carbonyl (C=O) groups is 1. The molecular formula is C15H23NO2. The second-order valence-electron chi connectivity index (χ2n) is 7.11. The van der Waals surface area contributed by atoms with Gasteiger partial charge in [0.2, 0.25) is 0 Å². The normalized spacial score (nSPS) is 42.3. The largest absolute Gasteiger partial charge is 0.459 e. The van der Waals surface area contributed by atoms with Crippen LogP contribution in [-0.2, 0) is 9.53 Å². The lowest BCUT2D eigenvalue weighted by molar-refractivity contribution is -0.161. The zero-order valence-electron chi connectivity index (χ0n) is 11.7. The minimum atomic E-state index is -0.385. The molecule has 100 valence electrons. The van der Waals surface area contributed by atoms with Gasteiger partial charge in [-0.15, -0.1) is 0 Å². The summed E-state index contributed by atoms with van der Waals surface area (Å²) in [6, 6.07) is -0.0332. The van der Waals surface area contributed by atoms with Gasteiger partial charge >= 0.3 is 5.97 Å². The molecule has 3 aliphatic rings. The van der Waals surface area contributed by atoms with Crippen LogP contribution >= 0.6 is 0 Å². The van der Waals surface area contributed by atoms with Crippen molar-refractivity contribution in [3.63, 3.8) is 0 Å². The summed E-state index contributed by atoms with van der Waals surface area (Å²) < 4.78 is 5.60. The van der Waals surface area contributed by atoms with E-state index in [2.05, 4.69) is 24.1 Å². The summed E-state index contributed by atoms with van der Waals surface area (Å²) in [6.45, 7) is 6.87. The van der Waals surface area contributed by atoms with Crippen molar-refractivity contribution in [2.75, 3.05) is 13.6 Å². The van der Waals surface area contributed by atoms with Gasteiger partial charge in [0.05, 0.1) is 0 Å². The van der Waals surface area contributed by atoms with Crippen LogP contribution in [0.25, 0.3) is 0 Å². The summed E-state index contributed by atoms with van der Waals surface area (Å²) in [5.41, 5.74) is -0.385. The lowest BCUT2D eigenvalue weighted by atomic mass is 9.82. The molecule has 18 heavy (non-hydrogen) atoms. The number of hydrogen-bond donors (Lipinski definition) is 0. The first kappa shape index (κ1) is 12.2. The van der Waals surface area contributed by atoms with Gasteiger partial charge in [0.25, 0.3) is 0 Å². The molecule has 3 heteroatoms. The summed E-state index contributed by atoms with van der Waals surface area (Å²) in [7, 11) is 2.06. The van der Waals surface area contributed by atoms with E-state index in [-0.39, 0.29) is 17.6 Å². The Bertz CT molecular complexity index is 396. The Hall–Kier alpha value is -0.830. The maximum atomic E-state index is 12.4. The summed E-state index contributed by atoms with van der Waals surface area (Å²) >= 11 is 0. The summed E-state index contributed by atoms with van der Waals surface area (Å²) in [6.07, 6.45) is 5.93. The second-order valence-corrected chi connectivity index (χ2v) is 7.11. The number of ether oxygens (including phenoxy) is 1. The molecule has 0 radical (unpaired) electrons. The topological polar surface area (TPSA) is 29.5 Å². The minimum absolute atomic E-state index is 0.0292. The standard InChI is InChI=1S/C15H23NO2/c1-15(2,3)18-14(17)13-12-10-6-5-9(7-10)11(12)8-16(13)4/h5-6,9-13H,7-8H2,1-4H3/t9-,10+,11-,12+,13+/m1/s1. The fourth-order valence-electron chi connectivity index (χ4n) is 4.13. The molecule has 2 aliphatic carbocycles. The van der Waals surface area contributed by atoms with Crippen LogP contribution in [0.1, 0.15) is 27.2 Å². The van der Waals surface area contributed by atoms with E-state index in [1.54, 1.807) is 0 Å². The Labute approximate surface area is 109 Å². The molecule has 1 saturated heterocycles. The van der Waals surface area contributed by atoms with Gasteiger partial charge in [-0.25, -0.2) is 0 Å². The van der Waals surface area contributed by atoms with E-state index in [0.717, 1.165) is 6.54 Å². The summed E-state index contributed by atoms with van der Waals surface area (Å²) in [5.74, 6) is 2.43. The van der Waals surface area contributed by atoms with Crippen LogP contribution in [-0.4, -0.2) is 36.1 Å². The fraction of sp³-hybridized carbons (Fsp3) is 0.800. The zero-order chi connectivity index (χ0) is 13.1. The quantitative estimate of drug-likeness (QED) is 0.526. The highest BCUT2D eigenvalue weighted by Crippen LogP contribution is 2.53. The molecule has 0 aromatic rings. The van der Waals surface area contributed by atoms with Crippen LogP contribution in [0, 0.1) is 23.7 Å². The third-order valence-electron chi connectivity index (χ3n) is 4.68. The van der Waals surface area contributed by atoms with Gasteiger partial charge in [-0.05, 0) is 57.9 Å². The predicted octanol–water partition coefficient (Wildman–Crippen LogP) is 2.08. The van der Waals surface area contributed by atoms with Crippen molar-refractivity contribution >= 4 is 5.97 Å². The molecule has 2 bridgehead atoms. The zero-order valence-corrected chi connectivity index (χ0v) is 11.7. The van der Waals surface area contributed by atoms with Gasteiger partial charge in [0, 0.05) is 6.54 Å². The second kappa shape index (κ2) is 3.83. The molecule has 3 rings (SSSR count). The average Bonchev–Trinajstić information content (AvgIpc) is 2.83. The summed E-state index contributed by atoms with van der Waals surface area (Å²) in [5, 5.41) is 0. The van der Waals surface area contributed by atoms with E-state index in [0.29, 0.717) is 23.7 Å². The molecule has 0 amide bonds. The van der Waals surface area contributed by atoms with Crippen LogP contribution in [0.4, 0.5) is 0 Å². The first-order valence-corrected chi connectivity index (χ1v) is 6.98. The molecule has 0 N–H and O–H groups in total. The van der Waals surface area contributed by atoms with Crippen molar-refractivity contribution in [2.45, 2.75) is 38.8 Å². The van der Waals surface area contributed by atoms with Gasteiger partial charge in [-0.3, -0.25) is 9.69 Å². The molecule has 1 heterocycles. The van der Waals surface area contributed by atoms with Crippen molar-refractivity contribution in [3.8, 4) is 0 Å². The number of likely N-dealkylation sites (N-methyl/N-ethyl adjacent to an activating group) is 1. The minimum Gasteiger partial charge on any atom is -0.459 e. The average molecular weight is 249 g/mol. The van der Waals surface area contributed by atoms with Gasteiger partial charge in [-0.1, -0.05) is 12.2 Å². The first-order chi connectivity index (χ1) is 8.37. The van der Waals surface area contributed by atoms with Crippen LogP contribution in [0.2, 0.25) is 0 Å². The molecule has 0 spiro atoms. The lowest BCUT2D eigenvalue weighted by Crippen LogP contribution is -2.43. The highest BCUT2D eigenvalue weighted by molar-refractivity contribution is 5.77. The van der Waals surface area contributed by atoms with Crippen LogP contribution in [0.3, 0.4) is 0 Å². The third kappa shape index (κ3) is 1.80. The molecule has 5 atom stereocenters. The molecule has 0 aromatic heterocycles. The smallest absolute Gasteiger partial charge is 0.324 e. The first-order valence-electron chi connectivity index (χ1n) is 6.98. The van der Waals surface area contributed by atoms with Crippen molar-refractivity contribution in [1.29, 1.82) is 0 Å². The monoisotopic (exact) mass is 249 g/mol. The molecule has 1 aliphatic heterocycles. The molecular weight excluding hydrogens is 226 g/mol. The van der Waals surface area contributed by atoms with Crippen molar-refractivity contribution in [2.24, 2.45) is 23.7 Å². The number of fused-ring (bicyclic) bond motifs is 5. The van der Waals surface area contributed by atoms with E-state index in [4.69, 9.17) is 4.74 Å². The summed E-state index contributed by atoms with van der Waals surface area (Å²) in [4.78, 5) is 14.6. The molecule has 3 nitrogen and oxygen atoms in total. The Morgan fingerprint density at radius 1 is 1.28 bits per heavy atom. The van der Waals surface area contributed by atoms with E-state index in [1.165, 1.54) is 6.42 Å². The Kier molecular flexibility index (Phi) is 2.60. The maximum Gasteiger partial charge on any atom is 0.324 e. The van der Waals surface area contributed by atoms with E-state index < -0.39 is 0 Å². The molecule has 0 unspecified atom stereocenters. The molecule has 1 saturated carbocycles. The van der Waals surface area contributed by atoms with Crippen LogP contribution in [0.15, 0.2) is 12.2 Å². The van der Waals surface area contributed by atoms with Gasteiger partial charge in [-0.2, -0.15) is 0 Å². The van der Waals surface area contributed by atoms with Gasteiger partial charge < -0.3 is 4.74 Å². The number of hydrogen-bond acceptors (Lipinski definition) is 3.